The first-order chi connectivity index (χ1) is 13.2. The number of hydrogen-bond acceptors (Lipinski definition) is 6. The maximum absolute atomic E-state index is 12.3. The number of nitrogens with one attached hydrogen (secondary N) is 1. The molecule has 3 aromatic rings. The lowest BCUT2D eigenvalue weighted by atomic mass is 9.91. The minimum Gasteiger partial charge on any atom is -0.348 e. The molecule has 0 saturated heterocycles. The van der Waals surface area contributed by atoms with Gasteiger partial charge in [-0.05, 0) is 43.9 Å². The molecule has 0 aliphatic heterocycles. The van der Waals surface area contributed by atoms with E-state index in [0.29, 0.717) is 5.69 Å². The molecule has 0 unspecified atom stereocenters. The van der Waals surface area contributed by atoms with Crippen LogP contribution < -0.4 is 10.9 Å². The molecule has 7 nitrogen and oxygen atoms in total. The molecule has 4 rings (SSSR count). The Hall–Kier alpha value is -2.87. The van der Waals surface area contributed by atoms with Gasteiger partial charge in [-0.15, -0.1) is 11.3 Å². The Morgan fingerprint density at radius 2 is 1.89 bits per heavy atom. The summed E-state index contributed by atoms with van der Waals surface area (Å²) >= 11 is 1.41. The number of hydrogen-bond donors (Lipinski definition) is 1. The molecule has 138 valence electrons. The predicted octanol–water partition coefficient (Wildman–Crippen LogP) is 2.68. The Kier molecular flexibility index (Phi) is 5.06. The Labute approximate surface area is 160 Å². The van der Waals surface area contributed by atoms with Gasteiger partial charge in [0.15, 0.2) is 0 Å². The number of rotatable bonds is 4. The summed E-state index contributed by atoms with van der Waals surface area (Å²) in [6.07, 6.45) is 6.65. The molecule has 3 aromatic heterocycles. The maximum Gasteiger partial charge on any atom is 0.270 e. The first kappa shape index (κ1) is 17.5. The second kappa shape index (κ2) is 7.79. The van der Waals surface area contributed by atoms with E-state index in [1.807, 2.05) is 12.1 Å². The average Bonchev–Trinajstić information content (AvgIpc) is 3.25. The van der Waals surface area contributed by atoms with E-state index in [1.165, 1.54) is 11.3 Å². The highest BCUT2D eigenvalue weighted by atomic mass is 32.1. The molecular formula is C19H19N5O2S. The second-order valence-electron chi connectivity index (χ2n) is 6.59. The number of amides is 1. The molecule has 1 N–H and O–H groups in total. The lowest BCUT2D eigenvalue weighted by Crippen LogP contribution is -2.39. The van der Waals surface area contributed by atoms with E-state index in [9.17, 15) is 9.59 Å². The number of carbonyl (C=O) groups excluding carboxylic acids is 1. The van der Waals surface area contributed by atoms with Gasteiger partial charge in [-0.3, -0.25) is 14.6 Å². The van der Waals surface area contributed by atoms with E-state index < -0.39 is 0 Å². The van der Waals surface area contributed by atoms with Gasteiger partial charge in [0.05, 0.1) is 17.2 Å². The first-order valence-corrected chi connectivity index (χ1v) is 9.84. The van der Waals surface area contributed by atoms with Gasteiger partial charge >= 0.3 is 0 Å². The molecule has 0 bridgehead atoms. The fraction of sp³-hybridized carbons (Fsp3) is 0.316. The summed E-state index contributed by atoms with van der Waals surface area (Å²) in [6.45, 7) is 0. The van der Waals surface area contributed by atoms with Crippen LogP contribution in [0, 0.1) is 0 Å². The molecule has 1 aliphatic rings. The molecule has 0 radical (unpaired) electrons. The zero-order valence-electron chi connectivity index (χ0n) is 14.6. The van der Waals surface area contributed by atoms with Crippen LogP contribution in [0.3, 0.4) is 0 Å². The van der Waals surface area contributed by atoms with Crippen molar-refractivity contribution in [2.24, 2.45) is 0 Å². The van der Waals surface area contributed by atoms with Gasteiger partial charge in [-0.2, -0.15) is 5.10 Å². The zero-order valence-corrected chi connectivity index (χ0v) is 15.4. The van der Waals surface area contributed by atoms with Crippen LogP contribution in [0.25, 0.3) is 11.3 Å². The Morgan fingerprint density at radius 1 is 1.11 bits per heavy atom. The SMILES string of the molecule is O=C(NC1CCC(n2nc(-c3ccncc3)ccc2=O)CC1)c1cscn1. The molecule has 0 aromatic carbocycles. The van der Waals surface area contributed by atoms with E-state index in [2.05, 4.69) is 20.4 Å². The summed E-state index contributed by atoms with van der Waals surface area (Å²) in [5.41, 5.74) is 3.71. The van der Waals surface area contributed by atoms with E-state index in [0.717, 1.165) is 36.9 Å². The largest absolute Gasteiger partial charge is 0.348 e. The van der Waals surface area contributed by atoms with E-state index >= 15 is 0 Å². The Bertz CT molecular complexity index is 963. The fourth-order valence-corrected chi connectivity index (χ4v) is 3.94. The summed E-state index contributed by atoms with van der Waals surface area (Å²) in [5, 5.41) is 9.35. The molecule has 8 heteroatoms. The van der Waals surface area contributed by atoms with Crippen LogP contribution in [0.2, 0.25) is 0 Å². The van der Waals surface area contributed by atoms with E-state index in [1.54, 1.807) is 40.1 Å². The highest BCUT2D eigenvalue weighted by molar-refractivity contribution is 7.07. The zero-order chi connectivity index (χ0) is 18.6. The van der Waals surface area contributed by atoms with Gasteiger partial charge in [0.1, 0.15) is 5.69 Å². The number of thiazole rings is 1. The lowest BCUT2D eigenvalue weighted by molar-refractivity contribution is 0.0917. The number of carbonyl (C=O) groups is 1. The standard InChI is InChI=1S/C19H19N5O2S/c25-18-6-5-16(13-7-9-20-10-8-13)23-24(18)15-3-1-14(2-4-15)22-19(26)17-11-27-12-21-17/h5-12,14-15H,1-4H2,(H,22,26). The molecule has 3 heterocycles. The smallest absolute Gasteiger partial charge is 0.270 e. The van der Waals surface area contributed by atoms with Gasteiger partial charge in [-0.1, -0.05) is 0 Å². The highest BCUT2D eigenvalue weighted by Crippen LogP contribution is 2.27. The molecule has 1 saturated carbocycles. The van der Waals surface area contributed by atoms with Crippen LogP contribution in [0.15, 0.2) is 52.3 Å². The minimum absolute atomic E-state index is 0.0479. The van der Waals surface area contributed by atoms with Gasteiger partial charge < -0.3 is 5.32 Å². The second-order valence-corrected chi connectivity index (χ2v) is 7.31. The Morgan fingerprint density at radius 3 is 2.59 bits per heavy atom. The maximum atomic E-state index is 12.3. The predicted molar refractivity (Wildman–Crippen MR) is 103 cm³/mol. The molecule has 27 heavy (non-hydrogen) atoms. The van der Waals surface area contributed by atoms with Crippen LogP contribution >= 0.6 is 11.3 Å². The summed E-state index contributed by atoms with van der Waals surface area (Å²) in [5.74, 6) is -0.130. The molecular weight excluding hydrogens is 362 g/mol. The molecule has 0 spiro atoms. The van der Waals surface area contributed by atoms with Crippen molar-refractivity contribution < 1.29 is 4.79 Å². The third kappa shape index (κ3) is 3.95. The first-order valence-electron chi connectivity index (χ1n) is 8.90. The van der Waals surface area contributed by atoms with Crippen molar-refractivity contribution in [3.8, 4) is 11.3 Å². The number of nitrogens with zero attached hydrogens (tertiary/aromatic N) is 4. The van der Waals surface area contributed by atoms with Crippen molar-refractivity contribution in [3.05, 3.63) is 63.6 Å². The summed E-state index contributed by atoms with van der Waals surface area (Å²) < 4.78 is 1.59. The van der Waals surface area contributed by atoms with Crippen molar-refractivity contribution >= 4 is 17.2 Å². The van der Waals surface area contributed by atoms with E-state index in [4.69, 9.17) is 0 Å². The van der Waals surface area contributed by atoms with Crippen molar-refractivity contribution in [2.75, 3.05) is 0 Å². The molecule has 0 atom stereocenters. The topological polar surface area (TPSA) is 89.8 Å². The van der Waals surface area contributed by atoms with Gasteiger partial charge in [0.2, 0.25) is 0 Å². The van der Waals surface area contributed by atoms with Crippen molar-refractivity contribution in [1.29, 1.82) is 0 Å². The van der Waals surface area contributed by atoms with E-state index in [-0.39, 0.29) is 23.6 Å². The van der Waals surface area contributed by atoms with Gasteiger partial charge in [0, 0.05) is 35.4 Å². The van der Waals surface area contributed by atoms with Crippen LogP contribution in [0.5, 0.6) is 0 Å². The van der Waals surface area contributed by atoms with Crippen LogP contribution in [-0.2, 0) is 0 Å². The van der Waals surface area contributed by atoms with Gasteiger partial charge in [0.25, 0.3) is 11.5 Å². The third-order valence-electron chi connectivity index (χ3n) is 4.84. The quantitative estimate of drug-likeness (QED) is 0.750. The number of aromatic nitrogens is 4. The summed E-state index contributed by atoms with van der Waals surface area (Å²) in [6, 6.07) is 7.22. The van der Waals surface area contributed by atoms with Crippen molar-refractivity contribution in [3.63, 3.8) is 0 Å². The van der Waals surface area contributed by atoms with Crippen molar-refractivity contribution in [2.45, 2.75) is 37.8 Å². The van der Waals surface area contributed by atoms with Crippen LogP contribution in [0.4, 0.5) is 0 Å². The minimum atomic E-state index is -0.130. The van der Waals surface area contributed by atoms with Crippen molar-refractivity contribution in [1.82, 2.24) is 25.1 Å². The summed E-state index contributed by atoms with van der Waals surface area (Å²) in [7, 11) is 0. The molecule has 1 amide bonds. The number of pyridine rings is 1. The van der Waals surface area contributed by atoms with Gasteiger partial charge in [-0.25, -0.2) is 9.67 Å². The fourth-order valence-electron chi connectivity index (χ4n) is 3.41. The summed E-state index contributed by atoms with van der Waals surface area (Å²) in [4.78, 5) is 32.5. The lowest BCUT2D eigenvalue weighted by Gasteiger charge is -2.29. The molecule has 1 fully saturated rings. The highest BCUT2D eigenvalue weighted by Gasteiger charge is 2.25. The monoisotopic (exact) mass is 381 g/mol. The van der Waals surface area contributed by atoms with Crippen LogP contribution in [0.1, 0.15) is 42.2 Å². The van der Waals surface area contributed by atoms with Crippen LogP contribution in [-0.4, -0.2) is 31.7 Å². The Balaban J connectivity index is 1.44. The normalized spacial score (nSPS) is 19.6. The average molecular weight is 381 g/mol. The molecule has 1 aliphatic carbocycles. The third-order valence-corrected chi connectivity index (χ3v) is 5.43.